The van der Waals surface area contributed by atoms with Crippen LogP contribution in [-0.2, 0) is 11.4 Å². The minimum Gasteiger partial charge on any atom is -0.495 e. The first kappa shape index (κ1) is 22.4. The van der Waals surface area contributed by atoms with Crippen LogP contribution in [0, 0.1) is 6.92 Å². The second-order valence-electron chi connectivity index (χ2n) is 6.83. The van der Waals surface area contributed by atoms with Gasteiger partial charge in [0, 0.05) is 6.08 Å². The number of amides is 1. The van der Waals surface area contributed by atoms with E-state index in [1.54, 1.807) is 20.3 Å². The van der Waals surface area contributed by atoms with E-state index in [9.17, 15) is 4.79 Å². The zero-order valence-electron chi connectivity index (χ0n) is 17.6. The molecule has 160 valence electrons. The highest BCUT2D eigenvalue weighted by molar-refractivity contribution is 9.10. The Morgan fingerprint density at radius 3 is 2.45 bits per heavy atom. The lowest BCUT2D eigenvalue weighted by Crippen LogP contribution is -2.09. The first-order valence-electron chi connectivity index (χ1n) is 9.68. The molecule has 0 bridgehead atoms. The van der Waals surface area contributed by atoms with E-state index in [0.717, 1.165) is 21.2 Å². The first-order valence-corrected chi connectivity index (χ1v) is 10.5. The lowest BCUT2D eigenvalue weighted by Gasteiger charge is -2.13. The number of anilines is 1. The third-order valence-electron chi connectivity index (χ3n) is 4.52. The SMILES string of the molecule is COc1ccc(C)cc1NC(=O)/C=C/c1cc(Br)c(OCc2ccccc2)c(OC)c1. The van der Waals surface area contributed by atoms with Crippen molar-refractivity contribution in [3.63, 3.8) is 0 Å². The summed E-state index contributed by atoms with van der Waals surface area (Å²) in [5.41, 5.74) is 3.51. The van der Waals surface area contributed by atoms with Crippen LogP contribution < -0.4 is 19.5 Å². The zero-order valence-corrected chi connectivity index (χ0v) is 19.2. The highest BCUT2D eigenvalue weighted by Crippen LogP contribution is 2.37. The number of hydrogen-bond donors (Lipinski definition) is 1. The fraction of sp³-hybridized carbons (Fsp3) is 0.160. The molecule has 0 aromatic heterocycles. The van der Waals surface area contributed by atoms with Gasteiger partial charge in [0.15, 0.2) is 11.5 Å². The number of halogens is 1. The number of rotatable bonds is 8. The van der Waals surface area contributed by atoms with Crippen molar-refractivity contribution in [2.45, 2.75) is 13.5 Å². The maximum atomic E-state index is 12.4. The molecule has 1 amide bonds. The number of carbonyl (C=O) groups is 1. The van der Waals surface area contributed by atoms with Crippen LogP contribution >= 0.6 is 15.9 Å². The van der Waals surface area contributed by atoms with Crippen LogP contribution in [0.5, 0.6) is 17.2 Å². The molecule has 6 heteroatoms. The summed E-state index contributed by atoms with van der Waals surface area (Å²) in [6.07, 6.45) is 3.18. The van der Waals surface area contributed by atoms with Gasteiger partial charge in [-0.05, 0) is 69.9 Å². The number of aryl methyl sites for hydroxylation is 1. The van der Waals surface area contributed by atoms with Gasteiger partial charge in [0.1, 0.15) is 12.4 Å². The average molecular weight is 482 g/mol. The molecule has 0 atom stereocenters. The summed E-state index contributed by atoms with van der Waals surface area (Å²) >= 11 is 3.54. The van der Waals surface area contributed by atoms with Gasteiger partial charge < -0.3 is 19.5 Å². The Morgan fingerprint density at radius 1 is 1.00 bits per heavy atom. The van der Waals surface area contributed by atoms with Gasteiger partial charge in [0.25, 0.3) is 0 Å². The van der Waals surface area contributed by atoms with Crippen molar-refractivity contribution >= 4 is 33.6 Å². The lowest BCUT2D eigenvalue weighted by molar-refractivity contribution is -0.111. The number of hydrogen-bond acceptors (Lipinski definition) is 4. The molecule has 1 N–H and O–H groups in total. The second-order valence-corrected chi connectivity index (χ2v) is 7.69. The molecular formula is C25H24BrNO4. The molecule has 0 aliphatic carbocycles. The molecule has 0 spiro atoms. The Labute approximate surface area is 190 Å². The molecule has 3 aromatic carbocycles. The molecule has 0 aliphatic heterocycles. The smallest absolute Gasteiger partial charge is 0.248 e. The Balaban J connectivity index is 1.72. The van der Waals surface area contributed by atoms with Gasteiger partial charge in [0.2, 0.25) is 5.91 Å². The largest absolute Gasteiger partial charge is 0.495 e. The fourth-order valence-electron chi connectivity index (χ4n) is 2.97. The minimum absolute atomic E-state index is 0.261. The standard InChI is InChI=1S/C25H24BrNO4/c1-17-9-11-22(29-2)21(13-17)27-24(28)12-10-19-14-20(26)25(23(15-19)30-3)31-16-18-7-5-4-6-8-18/h4-15H,16H2,1-3H3,(H,27,28)/b12-10+. The molecule has 0 unspecified atom stereocenters. The molecule has 0 aliphatic rings. The topological polar surface area (TPSA) is 56.8 Å². The van der Waals surface area contributed by atoms with Gasteiger partial charge >= 0.3 is 0 Å². The van der Waals surface area contributed by atoms with Crippen LogP contribution in [-0.4, -0.2) is 20.1 Å². The van der Waals surface area contributed by atoms with E-state index in [0.29, 0.717) is 29.5 Å². The summed E-state index contributed by atoms with van der Waals surface area (Å²) in [6.45, 7) is 2.38. The van der Waals surface area contributed by atoms with Gasteiger partial charge in [-0.15, -0.1) is 0 Å². The summed E-state index contributed by atoms with van der Waals surface area (Å²) in [4.78, 5) is 12.4. The van der Waals surface area contributed by atoms with Crippen LogP contribution in [0.4, 0.5) is 5.69 Å². The van der Waals surface area contributed by atoms with E-state index in [-0.39, 0.29) is 5.91 Å². The molecular weight excluding hydrogens is 458 g/mol. The van der Waals surface area contributed by atoms with E-state index in [1.807, 2.05) is 67.6 Å². The second kappa shape index (κ2) is 10.7. The van der Waals surface area contributed by atoms with Crippen LogP contribution in [0.1, 0.15) is 16.7 Å². The summed E-state index contributed by atoms with van der Waals surface area (Å²) in [7, 11) is 3.16. The van der Waals surface area contributed by atoms with E-state index < -0.39 is 0 Å². The molecule has 31 heavy (non-hydrogen) atoms. The highest BCUT2D eigenvalue weighted by Gasteiger charge is 2.12. The molecule has 3 aromatic rings. The summed E-state index contributed by atoms with van der Waals surface area (Å²) in [6, 6.07) is 19.2. The number of ether oxygens (including phenoxy) is 3. The summed E-state index contributed by atoms with van der Waals surface area (Å²) in [5, 5.41) is 2.85. The van der Waals surface area contributed by atoms with Gasteiger partial charge in [-0.25, -0.2) is 0 Å². The molecule has 0 fully saturated rings. The van der Waals surface area contributed by atoms with Crippen molar-refractivity contribution < 1.29 is 19.0 Å². The zero-order chi connectivity index (χ0) is 22.2. The van der Waals surface area contributed by atoms with Crippen molar-refractivity contribution in [1.29, 1.82) is 0 Å². The van der Waals surface area contributed by atoms with E-state index >= 15 is 0 Å². The van der Waals surface area contributed by atoms with Crippen molar-refractivity contribution in [2.24, 2.45) is 0 Å². The predicted molar refractivity (Wildman–Crippen MR) is 127 cm³/mol. The predicted octanol–water partition coefficient (Wildman–Crippen LogP) is 6.01. The van der Waals surface area contributed by atoms with Crippen molar-refractivity contribution in [1.82, 2.24) is 0 Å². The van der Waals surface area contributed by atoms with Crippen LogP contribution in [0.3, 0.4) is 0 Å². The molecule has 3 rings (SSSR count). The normalized spacial score (nSPS) is 10.7. The molecule has 0 heterocycles. The van der Waals surface area contributed by atoms with Gasteiger partial charge in [-0.3, -0.25) is 4.79 Å². The molecule has 0 saturated heterocycles. The van der Waals surface area contributed by atoms with Gasteiger partial charge in [-0.1, -0.05) is 36.4 Å². The van der Waals surface area contributed by atoms with E-state index in [2.05, 4.69) is 21.2 Å². The van der Waals surface area contributed by atoms with Gasteiger partial charge in [0.05, 0.1) is 24.4 Å². The molecule has 0 saturated carbocycles. The third kappa shape index (κ3) is 6.12. The Hall–Kier alpha value is -3.25. The first-order chi connectivity index (χ1) is 15.0. The fourth-order valence-corrected chi connectivity index (χ4v) is 3.55. The summed E-state index contributed by atoms with van der Waals surface area (Å²) in [5.74, 6) is 1.53. The Morgan fingerprint density at radius 2 is 1.74 bits per heavy atom. The van der Waals surface area contributed by atoms with Crippen LogP contribution in [0.25, 0.3) is 6.08 Å². The highest BCUT2D eigenvalue weighted by atomic mass is 79.9. The van der Waals surface area contributed by atoms with E-state index in [4.69, 9.17) is 14.2 Å². The maximum Gasteiger partial charge on any atom is 0.248 e. The number of methoxy groups -OCH3 is 2. The molecule has 0 radical (unpaired) electrons. The number of nitrogens with one attached hydrogen (secondary N) is 1. The Bertz CT molecular complexity index is 1080. The Kier molecular flexibility index (Phi) is 7.73. The average Bonchev–Trinajstić information content (AvgIpc) is 2.77. The number of benzene rings is 3. The lowest BCUT2D eigenvalue weighted by atomic mass is 10.1. The maximum absolute atomic E-state index is 12.4. The third-order valence-corrected chi connectivity index (χ3v) is 5.11. The van der Waals surface area contributed by atoms with Crippen LogP contribution in [0.2, 0.25) is 0 Å². The van der Waals surface area contributed by atoms with Crippen molar-refractivity contribution in [3.05, 3.63) is 87.9 Å². The van der Waals surface area contributed by atoms with Gasteiger partial charge in [-0.2, -0.15) is 0 Å². The monoisotopic (exact) mass is 481 g/mol. The minimum atomic E-state index is -0.261. The quantitative estimate of drug-likeness (QED) is 0.400. The summed E-state index contributed by atoms with van der Waals surface area (Å²) < 4.78 is 17.5. The van der Waals surface area contributed by atoms with E-state index in [1.165, 1.54) is 6.08 Å². The van der Waals surface area contributed by atoms with Crippen molar-refractivity contribution in [2.75, 3.05) is 19.5 Å². The molecule has 5 nitrogen and oxygen atoms in total. The number of carbonyl (C=O) groups excluding carboxylic acids is 1. The van der Waals surface area contributed by atoms with Crippen molar-refractivity contribution in [3.8, 4) is 17.2 Å². The van der Waals surface area contributed by atoms with Crippen LogP contribution in [0.15, 0.2) is 71.2 Å².